The van der Waals surface area contributed by atoms with E-state index in [0.717, 1.165) is 5.56 Å². The zero-order valence-electron chi connectivity index (χ0n) is 6.65. The van der Waals surface area contributed by atoms with E-state index in [1.54, 1.807) is 13.0 Å². The highest BCUT2D eigenvalue weighted by atomic mass is 16.6. The molecule has 0 saturated carbocycles. The van der Waals surface area contributed by atoms with Crippen LogP contribution in [0.3, 0.4) is 0 Å². The summed E-state index contributed by atoms with van der Waals surface area (Å²) in [5.41, 5.74) is 1.48. The summed E-state index contributed by atoms with van der Waals surface area (Å²) in [6, 6.07) is 4.44. The minimum atomic E-state index is -0.474. The summed E-state index contributed by atoms with van der Waals surface area (Å²) in [5, 5.41) is 19.1. The molecule has 0 unspecified atom stereocenters. The van der Waals surface area contributed by atoms with Gasteiger partial charge >= 0.3 is 0 Å². The first-order chi connectivity index (χ1) is 5.65. The molecule has 64 valence electrons. The maximum absolute atomic E-state index is 10.3. The highest BCUT2D eigenvalue weighted by molar-refractivity contribution is 5.38. The van der Waals surface area contributed by atoms with E-state index in [1.165, 1.54) is 12.1 Å². The molecule has 0 aromatic heterocycles. The molecule has 0 heterocycles. The fraction of sp³-hybridized carbons (Fsp3) is 0.250. The van der Waals surface area contributed by atoms with Crippen LogP contribution < -0.4 is 0 Å². The molecule has 0 atom stereocenters. The Labute approximate surface area is 69.6 Å². The number of hydrogen-bond acceptors (Lipinski definition) is 3. The fourth-order valence-corrected chi connectivity index (χ4v) is 0.942. The van der Waals surface area contributed by atoms with Gasteiger partial charge in [0.05, 0.1) is 11.5 Å². The number of nitro benzene ring substituents is 1. The average Bonchev–Trinajstić information content (AvgIpc) is 2.05. The quantitative estimate of drug-likeness (QED) is 0.534. The van der Waals surface area contributed by atoms with E-state index >= 15 is 0 Å². The summed E-state index contributed by atoms with van der Waals surface area (Å²) in [6.07, 6.45) is 0. The summed E-state index contributed by atoms with van der Waals surface area (Å²) < 4.78 is 0. The van der Waals surface area contributed by atoms with Crippen molar-refractivity contribution in [2.45, 2.75) is 13.5 Å². The van der Waals surface area contributed by atoms with Crippen molar-refractivity contribution >= 4 is 5.69 Å². The lowest BCUT2D eigenvalue weighted by atomic mass is 10.1. The predicted molar refractivity (Wildman–Crippen MR) is 43.8 cm³/mol. The van der Waals surface area contributed by atoms with Gasteiger partial charge in [0.25, 0.3) is 5.69 Å². The third kappa shape index (κ3) is 1.60. The second-order valence-electron chi connectivity index (χ2n) is 2.53. The van der Waals surface area contributed by atoms with Gasteiger partial charge in [-0.1, -0.05) is 6.07 Å². The Morgan fingerprint density at radius 1 is 1.58 bits per heavy atom. The molecule has 0 aliphatic carbocycles. The Kier molecular flexibility index (Phi) is 2.40. The number of non-ortho nitro benzene ring substituents is 1. The lowest BCUT2D eigenvalue weighted by molar-refractivity contribution is -0.385. The molecule has 0 aliphatic heterocycles. The summed E-state index contributed by atoms with van der Waals surface area (Å²) in [5.74, 6) is 0. The number of nitrogens with zero attached hydrogens (tertiary/aromatic N) is 1. The number of hydrogen-bond donors (Lipinski definition) is 1. The molecule has 4 heteroatoms. The van der Waals surface area contributed by atoms with Gasteiger partial charge in [0.1, 0.15) is 0 Å². The van der Waals surface area contributed by atoms with Crippen LogP contribution in [0.1, 0.15) is 11.1 Å². The van der Waals surface area contributed by atoms with Crippen LogP contribution in [0.4, 0.5) is 5.69 Å². The summed E-state index contributed by atoms with van der Waals surface area (Å²) >= 11 is 0. The third-order valence-electron chi connectivity index (χ3n) is 1.71. The highest BCUT2D eigenvalue weighted by Gasteiger charge is 2.06. The third-order valence-corrected chi connectivity index (χ3v) is 1.71. The van der Waals surface area contributed by atoms with Crippen LogP contribution in [-0.2, 0) is 6.61 Å². The molecule has 1 aromatic carbocycles. The molecule has 0 bridgehead atoms. The monoisotopic (exact) mass is 167 g/mol. The first-order valence-corrected chi connectivity index (χ1v) is 3.50. The zero-order valence-corrected chi connectivity index (χ0v) is 6.65. The van der Waals surface area contributed by atoms with Crippen LogP contribution in [0.25, 0.3) is 0 Å². The minimum Gasteiger partial charge on any atom is -0.392 e. The van der Waals surface area contributed by atoms with E-state index in [1.807, 2.05) is 0 Å². The van der Waals surface area contributed by atoms with Crippen molar-refractivity contribution in [1.82, 2.24) is 0 Å². The van der Waals surface area contributed by atoms with Crippen molar-refractivity contribution in [3.8, 4) is 0 Å². The Morgan fingerprint density at radius 2 is 2.25 bits per heavy atom. The maximum atomic E-state index is 10.3. The fourth-order valence-electron chi connectivity index (χ4n) is 0.942. The smallest absolute Gasteiger partial charge is 0.269 e. The van der Waals surface area contributed by atoms with Crippen molar-refractivity contribution in [2.75, 3.05) is 0 Å². The largest absolute Gasteiger partial charge is 0.392 e. The second-order valence-corrected chi connectivity index (χ2v) is 2.53. The normalized spacial score (nSPS) is 9.83. The van der Waals surface area contributed by atoms with E-state index in [0.29, 0.717) is 5.56 Å². The van der Waals surface area contributed by atoms with Gasteiger partial charge in [0.2, 0.25) is 0 Å². The lowest BCUT2D eigenvalue weighted by Gasteiger charge is -2.00. The van der Waals surface area contributed by atoms with Gasteiger partial charge in [-0.3, -0.25) is 10.1 Å². The van der Waals surface area contributed by atoms with Crippen LogP contribution in [0.15, 0.2) is 18.2 Å². The molecule has 0 aliphatic rings. The van der Waals surface area contributed by atoms with Crippen molar-refractivity contribution < 1.29 is 10.0 Å². The van der Waals surface area contributed by atoms with Gasteiger partial charge in [0, 0.05) is 12.1 Å². The molecule has 0 radical (unpaired) electrons. The van der Waals surface area contributed by atoms with Crippen molar-refractivity contribution in [2.24, 2.45) is 0 Å². The molecule has 0 saturated heterocycles. The van der Waals surface area contributed by atoms with E-state index in [-0.39, 0.29) is 12.3 Å². The standard InChI is InChI=1S/C8H9NO3/c1-6-2-3-8(9(11)12)4-7(6)5-10/h2-4,10H,5H2,1H3. The molecule has 1 rings (SSSR count). The molecular weight excluding hydrogens is 158 g/mol. The number of rotatable bonds is 2. The first kappa shape index (κ1) is 8.67. The second kappa shape index (κ2) is 3.32. The lowest BCUT2D eigenvalue weighted by Crippen LogP contribution is -1.93. The van der Waals surface area contributed by atoms with Crippen LogP contribution in [0.2, 0.25) is 0 Å². The zero-order chi connectivity index (χ0) is 9.14. The highest BCUT2D eigenvalue weighted by Crippen LogP contribution is 2.16. The minimum absolute atomic E-state index is 0.0182. The first-order valence-electron chi connectivity index (χ1n) is 3.50. The summed E-state index contributed by atoms with van der Waals surface area (Å²) in [4.78, 5) is 9.83. The molecule has 4 nitrogen and oxygen atoms in total. The predicted octanol–water partition coefficient (Wildman–Crippen LogP) is 1.40. The van der Waals surface area contributed by atoms with Gasteiger partial charge < -0.3 is 5.11 Å². The number of benzene rings is 1. The number of aliphatic hydroxyl groups excluding tert-OH is 1. The van der Waals surface area contributed by atoms with Crippen molar-refractivity contribution in [3.63, 3.8) is 0 Å². The van der Waals surface area contributed by atoms with Gasteiger partial charge in [-0.05, 0) is 18.1 Å². The van der Waals surface area contributed by atoms with E-state index < -0.39 is 4.92 Å². The SMILES string of the molecule is Cc1ccc([N+](=O)[O-])cc1CO. The molecular formula is C8H9NO3. The van der Waals surface area contributed by atoms with Crippen LogP contribution in [0, 0.1) is 17.0 Å². The van der Waals surface area contributed by atoms with Gasteiger partial charge in [0.15, 0.2) is 0 Å². The van der Waals surface area contributed by atoms with Crippen molar-refractivity contribution in [1.29, 1.82) is 0 Å². The maximum Gasteiger partial charge on any atom is 0.269 e. The molecule has 0 fully saturated rings. The topological polar surface area (TPSA) is 63.4 Å². The molecule has 0 amide bonds. The Bertz CT molecular complexity index is 309. The average molecular weight is 167 g/mol. The molecule has 1 aromatic rings. The Hall–Kier alpha value is -1.42. The molecule has 1 N–H and O–H groups in total. The van der Waals surface area contributed by atoms with Crippen LogP contribution in [-0.4, -0.2) is 10.0 Å². The van der Waals surface area contributed by atoms with Gasteiger partial charge in [-0.25, -0.2) is 0 Å². The molecule has 0 spiro atoms. The van der Waals surface area contributed by atoms with Gasteiger partial charge in [-0.2, -0.15) is 0 Å². The van der Waals surface area contributed by atoms with Crippen LogP contribution in [0.5, 0.6) is 0 Å². The summed E-state index contributed by atoms with van der Waals surface area (Å²) in [7, 11) is 0. The van der Waals surface area contributed by atoms with Crippen LogP contribution >= 0.6 is 0 Å². The van der Waals surface area contributed by atoms with Gasteiger partial charge in [-0.15, -0.1) is 0 Å². The Morgan fingerprint density at radius 3 is 2.75 bits per heavy atom. The van der Waals surface area contributed by atoms with E-state index in [9.17, 15) is 10.1 Å². The summed E-state index contributed by atoms with van der Waals surface area (Å²) in [6.45, 7) is 1.64. The number of aryl methyl sites for hydroxylation is 1. The Balaban J connectivity index is 3.13. The number of nitro groups is 1. The van der Waals surface area contributed by atoms with Crippen molar-refractivity contribution in [3.05, 3.63) is 39.4 Å². The van der Waals surface area contributed by atoms with E-state index in [4.69, 9.17) is 5.11 Å². The molecule has 12 heavy (non-hydrogen) atoms. The number of aliphatic hydroxyl groups is 1. The van der Waals surface area contributed by atoms with E-state index in [2.05, 4.69) is 0 Å².